The van der Waals surface area contributed by atoms with Gasteiger partial charge in [-0.3, -0.25) is 0 Å². The minimum Gasteiger partial charge on any atom is -0.493 e. The molecule has 1 heterocycles. The van der Waals surface area contributed by atoms with Gasteiger partial charge in [0, 0.05) is 12.5 Å². The molecule has 1 saturated heterocycles. The Hall–Kier alpha value is -0.930. The molecule has 0 radical (unpaired) electrons. The van der Waals surface area contributed by atoms with Crippen LogP contribution in [-0.4, -0.2) is 27.4 Å². The maximum atomic E-state index is 6.57. The summed E-state index contributed by atoms with van der Waals surface area (Å²) < 4.78 is 16.0. The van der Waals surface area contributed by atoms with E-state index in [1.165, 1.54) is 0 Å². The molecule has 1 aromatic rings. The van der Waals surface area contributed by atoms with E-state index in [9.17, 15) is 0 Å². The SMILES string of the molecule is COc1cc(C)c(C(Cl)C2CCOC2)cc1OC. The zero-order valence-electron chi connectivity index (χ0n) is 11.0. The molecule has 1 aliphatic rings. The van der Waals surface area contributed by atoms with Gasteiger partial charge in [0.15, 0.2) is 11.5 Å². The van der Waals surface area contributed by atoms with E-state index in [4.69, 9.17) is 25.8 Å². The van der Waals surface area contributed by atoms with E-state index in [0.29, 0.717) is 5.92 Å². The van der Waals surface area contributed by atoms with Crippen molar-refractivity contribution < 1.29 is 14.2 Å². The van der Waals surface area contributed by atoms with Crippen LogP contribution in [0, 0.1) is 12.8 Å². The molecule has 0 amide bonds. The average molecular weight is 271 g/mol. The molecule has 1 aliphatic heterocycles. The monoisotopic (exact) mass is 270 g/mol. The van der Waals surface area contributed by atoms with Gasteiger partial charge in [-0.15, -0.1) is 11.6 Å². The second-order valence-electron chi connectivity index (χ2n) is 4.59. The van der Waals surface area contributed by atoms with Crippen molar-refractivity contribution in [2.75, 3.05) is 27.4 Å². The summed E-state index contributed by atoms with van der Waals surface area (Å²) in [6, 6.07) is 3.95. The first-order chi connectivity index (χ1) is 8.67. The highest BCUT2D eigenvalue weighted by Crippen LogP contribution is 2.40. The lowest BCUT2D eigenvalue weighted by atomic mass is 9.94. The lowest BCUT2D eigenvalue weighted by Crippen LogP contribution is -2.09. The van der Waals surface area contributed by atoms with Crippen molar-refractivity contribution in [2.45, 2.75) is 18.7 Å². The van der Waals surface area contributed by atoms with Crippen LogP contribution >= 0.6 is 11.6 Å². The number of aryl methyl sites for hydroxylation is 1. The van der Waals surface area contributed by atoms with Crippen molar-refractivity contribution in [3.05, 3.63) is 23.3 Å². The molecule has 0 aromatic heterocycles. The predicted molar refractivity (Wildman–Crippen MR) is 71.8 cm³/mol. The van der Waals surface area contributed by atoms with E-state index >= 15 is 0 Å². The summed E-state index contributed by atoms with van der Waals surface area (Å²) in [5.74, 6) is 1.84. The van der Waals surface area contributed by atoms with Crippen LogP contribution in [0.4, 0.5) is 0 Å². The van der Waals surface area contributed by atoms with E-state index in [0.717, 1.165) is 42.3 Å². The van der Waals surface area contributed by atoms with Gasteiger partial charge in [-0.25, -0.2) is 0 Å². The summed E-state index contributed by atoms with van der Waals surface area (Å²) in [4.78, 5) is 0. The summed E-state index contributed by atoms with van der Waals surface area (Å²) in [5.41, 5.74) is 2.23. The number of benzene rings is 1. The maximum Gasteiger partial charge on any atom is 0.161 e. The highest BCUT2D eigenvalue weighted by Gasteiger charge is 2.27. The van der Waals surface area contributed by atoms with Crippen LogP contribution in [0.25, 0.3) is 0 Å². The maximum absolute atomic E-state index is 6.57. The van der Waals surface area contributed by atoms with Crippen LogP contribution in [0.5, 0.6) is 11.5 Å². The zero-order chi connectivity index (χ0) is 13.1. The van der Waals surface area contributed by atoms with E-state index < -0.39 is 0 Å². The molecular weight excluding hydrogens is 252 g/mol. The number of hydrogen-bond donors (Lipinski definition) is 0. The number of alkyl halides is 1. The Morgan fingerprint density at radius 3 is 2.50 bits per heavy atom. The quantitative estimate of drug-likeness (QED) is 0.786. The fourth-order valence-electron chi connectivity index (χ4n) is 2.33. The van der Waals surface area contributed by atoms with E-state index in [-0.39, 0.29) is 5.38 Å². The van der Waals surface area contributed by atoms with Crippen molar-refractivity contribution >= 4 is 11.6 Å². The molecule has 2 atom stereocenters. The first kappa shape index (κ1) is 13.5. The standard InChI is InChI=1S/C14H19ClO3/c1-9-6-12(16-2)13(17-3)7-11(9)14(15)10-4-5-18-8-10/h6-7,10,14H,4-5,8H2,1-3H3. The Balaban J connectivity index is 2.31. The van der Waals surface area contributed by atoms with Crippen LogP contribution in [0.15, 0.2) is 12.1 Å². The van der Waals surface area contributed by atoms with Gasteiger partial charge in [-0.05, 0) is 36.6 Å². The molecule has 100 valence electrons. The van der Waals surface area contributed by atoms with Crippen LogP contribution in [0.3, 0.4) is 0 Å². The lowest BCUT2D eigenvalue weighted by molar-refractivity contribution is 0.185. The molecule has 1 fully saturated rings. The van der Waals surface area contributed by atoms with E-state index in [2.05, 4.69) is 0 Å². The topological polar surface area (TPSA) is 27.7 Å². The van der Waals surface area contributed by atoms with Gasteiger partial charge >= 0.3 is 0 Å². The number of hydrogen-bond acceptors (Lipinski definition) is 3. The Morgan fingerprint density at radius 1 is 1.28 bits per heavy atom. The Labute approximate surface area is 113 Å². The molecule has 3 nitrogen and oxygen atoms in total. The first-order valence-electron chi connectivity index (χ1n) is 6.11. The Morgan fingerprint density at radius 2 is 1.94 bits per heavy atom. The average Bonchev–Trinajstić information content (AvgIpc) is 2.91. The predicted octanol–water partition coefficient (Wildman–Crippen LogP) is 3.33. The largest absolute Gasteiger partial charge is 0.493 e. The normalized spacial score (nSPS) is 20.8. The van der Waals surface area contributed by atoms with Crippen molar-refractivity contribution in [1.29, 1.82) is 0 Å². The summed E-state index contributed by atoms with van der Waals surface area (Å²) in [5, 5.41) is -0.0349. The first-order valence-corrected chi connectivity index (χ1v) is 6.55. The molecule has 1 aromatic carbocycles. The van der Waals surface area contributed by atoms with Gasteiger partial charge in [0.25, 0.3) is 0 Å². The van der Waals surface area contributed by atoms with Crippen LogP contribution < -0.4 is 9.47 Å². The molecule has 18 heavy (non-hydrogen) atoms. The van der Waals surface area contributed by atoms with Crippen molar-refractivity contribution in [3.8, 4) is 11.5 Å². The highest BCUT2D eigenvalue weighted by atomic mass is 35.5. The van der Waals surface area contributed by atoms with Crippen molar-refractivity contribution in [1.82, 2.24) is 0 Å². The van der Waals surface area contributed by atoms with E-state index in [1.807, 2.05) is 19.1 Å². The summed E-state index contributed by atoms with van der Waals surface area (Å²) >= 11 is 6.57. The lowest BCUT2D eigenvalue weighted by Gasteiger charge is -2.20. The second kappa shape index (κ2) is 5.81. The molecule has 0 bridgehead atoms. The van der Waals surface area contributed by atoms with Gasteiger partial charge in [-0.2, -0.15) is 0 Å². The van der Waals surface area contributed by atoms with E-state index in [1.54, 1.807) is 14.2 Å². The third-order valence-corrected chi connectivity index (χ3v) is 4.04. The molecule has 0 aliphatic carbocycles. The minimum atomic E-state index is -0.0349. The zero-order valence-corrected chi connectivity index (χ0v) is 11.8. The molecule has 0 N–H and O–H groups in total. The summed E-state index contributed by atoms with van der Waals surface area (Å²) in [6.07, 6.45) is 1.02. The molecule has 4 heteroatoms. The summed E-state index contributed by atoms with van der Waals surface area (Å²) in [7, 11) is 3.28. The van der Waals surface area contributed by atoms with Gasteiger partial charge in [-0.1, -0.05) is 0 Å². The molecule has 0 spiro atoms. The molecule has 2 rings (SSSR count). The van der Waals surface area contributed by atoms with Crippen LogP contribution in [0.2, 0.25) is 0 Å². The number of halogens is 1. The second-order valence-corrected chi connectivity index (χ2v) is 5.06. The highest BCUT2D eigenvalue weighted by molar-refractivity contribution is 6.21. The van der Waals surface area contributed by atoms with Gasteiger partial charge < -0.3 is 14.2 Å². The molecular formula is C14H19ClO3. The smallest absolute Gasteiger partial charge is 0.161 e. The number of ether oxygens (including phenoxy) is 3. The molecule has 0 saturated carbocycles. The fourth-order valence-corrected chi connectivity index (χ4v) is 2.76. The molecule has 2 unspecified atom stereocenters. The van der Waals surface area contributed by atoms with Crippen LogP contribution in [0.1, 0.15) is 22.9 Å². The van der Waals surface area contributed by atoms with Gasteiger partial charge in [0.1, 0.15) is 0 Å². The fraction of sp³-hybridized carbons (Fsp3) is 0.571. The number of rotatable bonds is 4. The van der Waals surface area contributed by atoms with Crippen molar-refractivity contribution in [3.63, 3.8) is 0 Å². The van der Waals surface area contributed by atoms with Crippen molar-refractivity contribution in [2.24, 2.45) is 5.92 Å². The van der Waals surface area contributed by atoms with Gasteiger partial charge in [0.2, 0.25) is 0 Å². The Bertz CT molecular complexity index is 414. The number of methoxy groups -OCH3 is 2. The third-order valence-electron chi connectivity index (χ3n) is 3.45. The van der Waals surface area contributed by atoms with Crippen LogP contribution in [-0.2, 0) is 4.74 Å². The third kappa shape index (κ3) is 2.57. The summed E-state index contributed by atoms with van der Waals surface area (Å²) in [6.45, 7) is 3.59. The minimum absolute atomic E-state index is 0.0349. The van der Waals surface area contributed by atoms with Gasteiger partial charge in [0.05, 0.1) is 26.2 Å². The Kier molecular flexibility index (Phi) is 4.36.